The van der Waals surface area contributed by atoms with E-state index in [0.29, 0.717) is 0 Å². The zero-order valence-electron chi connectivity index (χ0n) is 5.89. The van der Waals surface area contributed by atoms with Crippen molar-refractivity contribution in [3.8, 4) is 6.07 Å². The zero-order valence-corrected chi connectivity index (χ0v) is 5.89. The lowest BCUT2D eigenvalue weighted by Crippen LogP contribution is -2.03. The first-order chi connectivity index (χ1) is 5.54. The molecule has 0 aliphatic carbocycles. The Morgan fingerprint density at radius 2 is 1.58 bits per heavy atom. The van der Waals surface area contributed by atoms with Gasteiger partial charge in [-0.15, -0.1) is 0 Å². The van der Waals surface area contributed by atoms with E-state index >= 15 is 0 Å². The molecule has 0 saturated heterocycles. The van der Waals surface area contributed by atoms with Gasteiger partial charge in [0.05, 0.1) is 17.2 Å². The number of hydrogen-bond donors (Lipinski definition) is 0. The molecule has 0 spiro atoms. The Labute approximate surface area is 67.1 Å². The monoisotopic (exact) mass is 170 g/mol. The van der Waals surface area contributed by atoms with Crippen LogP contribution in [0.15, 0.2) is 24.3 Å². The maximum atomic E-state index is 11.9. The minimum absolute atomic E-state index is 0.225. The van der Waals surface area contributed by atoms with E-state index in [4.69, 9.17) is 5.26 Å². The van der Waals surface area contributed by atoms with Crippen LogP contribution in [-0.2, 0) is 6.18 Å². The van der Waals surface area contributed by atoms with Crippen molar-refractivity contribution in [1.82, 2.24) is 0 Å². The van der Waals surface area contributed by atoms with Crippen molar-refractivity contribution in [2.75, 3.05) is 0 Å². The molecular weight excluding hydrogens is 166 g/mol. The molecule has 1 aromatic rings. The predicted molar refractivity (Wildman–Crippen MR) is 36.2 cm³/mol. The minimum Gasteiger partial charge on any atom is -0.192 e. The second-order valence-electron chi connectivity index (χ2n) is 2.19. The SMILES string of the molecule is N#Cc1ccc([11C](F)(F)F)cc1. The van der Waals surface area contributed by atoms with Crippen LogP contribution in [-0.4, -0.2) is 0 Å². The number of hydrogen-bond acceptors (Lipinski definition) is 1. The molecule has 4 heteroatoms. The van der Waals surface area contributed by atoms with Gasteiger partial charge in [0.2, 0.25) is 0 Å². The fourth-order valence-electron chi connectivity index (χ4n) is 0.734. The van der Waals surface area contributed by atoms with Crippen molar-refractivity contribution in [3.63, 3.8) is 0 Å². The van der Waals surface area contributed by atoms with Crippen LogP contribution >= 0.6 is 0 Å². The highest BCUT2D eigenvalue weighted by Crippen LogP contribution is 2.28. The van der Waals surface area contributed by atoms with Crippen LogP contribution in [0.4, 0.5) is 13.2 Å². The van der Waals surface area contributed by atoms with E-state index in [9.17, 15) is 13.2 Å². The minimum atomic E-state index is -4.33. The summed E-state index contributed by atoms with van der Waals surface area (Å²) in [6, 6.07) is 5.80. The molecule has 0 aliphatic rings. The maximum absolute atomic E-state index is 11.9. The third kappa shape index (κ3) is 1.76. The van der Waals surface area contributed by atoms with Crippen LogP contribution in [0, 0.1) is 11.3 Å². The van der Waals surface area contributed by atoms with Gasteiger partial charge in [-0.2, -0.15) is 18.4 Å². The van der Waals surface area contributed by atoms with Gasteiger partial charge in [-0.3, -0.25) is 0 Å². The Balaban J connectivity index is 3.02. The Morgan fingerprint density at radius 1 is 1.08 bits per heavy atom. The molecule has 0 heterocycles. The summed E-state index contributed by atoms with van der Waals surface area (Å²) in [5.74, 6) is 0. The second kappa shape index (κ2) is 2.86. The Morgan fingerprint density at radius 3 is 1.92 bits per heavy atom. The summed E-state index contributed by atoms with van der Waals surface area (Å²) in [4.78, 5) is 0. The number of nitriles is 1. The molecule has 0 fully saturated rings. The molecule has 0 N–H and O–H groups in total. The average Bonchev–Trinajstić information content (AvgIpc) is 2.03. The van der Waals surface area contributed by atoms with Gasteiger partial charge >= 0.3 is 6.18 Å². The highest BCUT2D eigenvalue weighted by molar-refractivity contribution is 5.32. The van der Waals surface area contributed by atoms with E-state index in [-0.39, 0.29) is 5.56 Å². The first kappa shape index (κ1) is 8.60. The van der Waals surface area contributed by atoms with Gasteiger partial charge in [0.15, 0.2) is 0 Å². The first-order valence-corrected chi connectivity index (χ1v) is 3.11. The van der Waals surface area contributed by atoms with Crippen molar-refractivity contribution in [3.05, 3.63) is 35.4 Å². The van der Waals surface area contributed by atoms with Crippen LogP contribution in [0.1, 0.15) is 11.1 Å². The number of halogens is 3. The molecule has 0 bridgehead atoms. The third-order valence-electron chi connectivity index (χ3n) is 1.34. The predicted octanol–water partition coefficient (Wildman–Crippen LogP) is 2.58. The van der Waals surface area contributed by atoms with E-state index in [1.54, 1.807) is 6.07 Å². The molecule has 0 aromatic heterocycles. The van der Waals surface area contributed by atoms with Crippen LogP contribution in [0.5, 0.6) is 0 Å². The quantitative estimate of drug-likeness (QED) is 0.587. The lowest BCUT2D eigenvalue weighted by atomic mass is 9.90. The lowest BCUT2D eigenvalue weighted by molar-refractivity contribution is -0.137. The standard InChI is InChI=1S/C8H4F3N/c9-8(10,11)7-3-1-6(5-12)2-4-7/h1-4H/i8-1. The highest BCUT2D eigenvalue weighted by Gasteiger charge is 2.29. The Bertz CT molecular complexity index is 305. The molecular formula is C8H4F3N. The molecule has 62 valence electrons. The van der Waals surface area contributed by atoms with E-state index < -0.39 is 11.7 Å². The second-order valence-corrected chi connectivity index (χ2v) is 2.19. The van der Waals surface area contributed by atoms with Crippen molar-refractivity contribution in [2.24, 2.45) is 0 Å². The summed E-state index contributed by atoms with van der Waals surface area (Å²) in [6.45, 7) is 0. The van der Waals surface area contributed by atoms with Gasteiger partial charge in [-0.1, -0.05) is 0 Å². The van der Waals surface area contributed by atoms with E-state index in [0.717, 1.165) is 24.3 Å². The number of nitrogens with zero attached hydrogens (tertiary/aromatic N) is 1. The molecule has 1 aromatic carbocycles. The number of alkyl halides is 3. The van der Waals surface area contributed by atoms with Gasteiger partial charge in [-0.05, 0) is 24.3 Å². The number of benzene rings is 1. The van der Waals surface area contributed by atoms with Crippen molar-refractivity contribution < 1.29 is 13.2 Å². The number of rotatable bonds is 0. The molecule has 0 unspecified atom stereocenters. The van der Waals surface area contributed by atoms with E-state index in [1.807, 2.05) is 0 Å². The van der Waals surface area contributed by atoms with Gasteiger partial charge in [0.25, 0.3) is 0 Å². The fourth-order valence-corrected chi connectivity index (χ4v) is 0.734. The lowest BCUT2D eigenvalue weighted by Gasteiger charge is -2.04. The summed E-state index contributed by atoms with van der Waals surface area (Å²) in [5, 5.41) is 8.30. The molecule has 0 radical (unpaired) electrons. The van der Waals surface area contributed by atoms with Crippen LogP contribution in [0.3, 0.4) is 0 Å². The summed E-state index contributed by atoms with van der Waals surface area (Å²) in [7, 11) is 0. The fraction of sp³-hybridized carbons (Fsp3) is 0.125. The zero-order chi connectivity index (χ0) is 9.19. The van der Waals surface area contributed by atoms with Crippen molar-refractivity contribution >= 4 is 0 Å². The van der Waals surface area contributed by atoms with E-state index in [1.165, 1.54) is 0 Å². The molecule has 0 saturated carbocycles. The Kier molecular flexibility index (Phi) is 2.05. The molecule has 12 heavy (non-hydrogen) atoms. The smallest absolute Gasteiger partial charge is 0.192 e. The average molecular weight is 170 g/mol. The highest BCUT2D eigenvalue weighted by atomic mass is 19.4. The molecule has 0 aliphatic heterocycles. The maximum Gasteiger partial charge on any atom is 0.416 e. The summed E-state index contributed by atoms with van der Waals surface area (Å²) in [6.07, 6.45) is -4.33. The first-order valence-electron chi connectivity index (χ1n) is 3.11. The molecule has 0 atom stereocenters. The van der Waals surface area contributed by atoms with E-state index in [2.05, 4.69) is 0 Å². The summed E-state index contributed by atoms with van der Waals surface area (Å²) >= 11 is 0. The van der Waals surface area contributed by atoms with Crippen LogP contribution in [0.25, 0.3) is 0 Å². The normalized spacial score (nSPS) is 10.8. The van der Waals surface area contributed by atoms with Gasteiger partial charge in [0, 0.05) is 0 Å². The summed E-state index contributed by atoms with van der Waals surface area (Å²) < 4.78 is 35.8. The van der Waals surface area contributed by atoms with Crippen molar-refractivity contribution in [1.29, 1.82) is 5.26 Å². The Hall–Kier alpha value is -1.50. The van der Waals surface area contributed by atoms with Crippen molar-refractivity contribution in [2.45, 2.75) is 6.18 Å². The van der Waals surface area contributed by atoms with Crippen LogP contribution < -0.4 is 0 Å². The van der Waals surface area contributed by atoms with Gasteiger partial charge in [0.1, 0.15) is 0 Å². The summed E-state index contributed by atoms with van der Waals surface area (Å²) in [5.41, 5.74) is -0.510. The largest absolute Gasteiger partial charge is 0.416 e. The topological polar surface area (TPSA) is 23.8 Å². The molecule has 0 amide bonds. The van der Waals surface area contributed by atoms with Gasteiger partial charge < -0.3 is 0 Å². The molecule has 1 rings (SSSR count). The molecule has 1 nitrogen and oxygen atoms in total. The third-order valence-corrected chi connectivity index (χ3v) is 1.34. The van der Waals surface area contributed by atoms with Gasteiger partial charge in [-0.25, -0.2) is 0 Å². The van der Waals surface area contributed by atoms with Crippen LogP contribution in [0.2, 0.25) is 0 Å².